The largest absolute Gasteiger partial charge is 0.0744 e. The van der Waals surface area contributed by atoms with Crippen molar-refractivity contribution >= 4 is 0 Å². The van der Waals surface area contributed by atoms with Crippen molar-refractivity contribution in [1.29, 1.82) is 0 Å². The van der Waals surface area contributed by atoms with Crippen LogP contribution in [0, 0.1) is 11.8 Å². The third-order valence-electron chi connectivity index (χ3n) is 5.81. The first kappa shape index (κ1) is 16.1. The topological polar surface area (TPSA) is 0 Å². The van der Waals surface area contributed by atoms with E-state index in [-0.39, 0.29) is 0 Å². The second-order valence-electron chi connectivity index (χ2n) is 7.58. The highest BCUT2D eigenvalue weighted by Crippen LogP contribution is 2.46. The molecule has 2 unspecified atom stereocenters. The average Bonchev–Trinajstić information content (AvgIpc) is 3.19. The van der Waals surface area contributed by atoms with Crippen molar-refractivity contribution in [2.24, 2.45) is 11.8 Å². The van der Waals surface area contributed by atoms with Gasteiger partial charge in [0.1, 0.15) is 0 Å². The lowest BCUT2D eigenvalue weighted by Crippen LogP contribution is -1.90. The van der Waals surface area contributed by atoms with Crippen molar-refractivity contribution in [1.82, 2.24) is 0 Å². The Kier molecular flexibility index (Phi) is 7.17. The minimum atomic E-state index is 1.09. The first-order chi connectivity index (χ1) is 9.77. The molecule has 2 atom stereocenters. The van der Waals surface area contributed by atoms with Crippen molar-refractivity contribution in [2.75, 3.05) is 0 Å². The zero-order chi connectivity index (χ0) is 14.2. The summed E-state index contributed by atoms with van der Waals surface area (Å²) in [5, 5.41) is 0. The molecule has 2 aliphatic carbocycles. The van der Waals surface area contributed by atoms with Gasteiger partial charge in [0.15, 0.2) is 0 Å². The molecule has 0 radical (unpaired) electrons. The Bertz CT molecular complexity index is 299. The van der Waals surface area contributed by atoms with Crippen LogP contribution in [0.25, 0.3) is 0 Å². The second kappa shape index (κ2) is 8.90. The number of hydrogen-bond acceptors (Lipinski definition) is 0. The Morgan fingerprint density at radius 1 is 0.550 bits per heavy atom. The highest BCUT2D eigenvalue weighted by molar-refractivity contribution is 5.10. The van der Waals surface area contributed by atoms with E-state index in [4.69, 9.17) is 0 Å². The molecule has 1 fully saturated rings. The molecule has 20 heavy (non-hydrogen) atoms. The molecule has 0 saturated heterocycles. The van der Waals surface area contributed by atoms with Gasteiger partial charge in [-0.1, -0.05) is 68.9 Å². The molecule has 0 aliphatic heterocycles. The van der Waals surface area contributed by atoms with Crippen molar-refractivity contribution in [3.63, 3.8) is 0 Å². The molecule has 0 N–H and O–H groups in total. The Morgan fingerprint density at radius 2 is 1.05 bits per heavy atom. The zero-order valence-electron chi connectivity index (χ0n) is 14.1. The normalized spacial score (nSPS) is 31.5. The molecular formula is C20H36. The van der Waals surface area contributed by atoms with Gasteiger partial charge in [0.2, 0.25) is 0 Å². The number of rotatable bonds is 0. The summed E-state index contributed by atoms with van der Waals surface area (Å²) in [6.45, 7) is 4.77. The molecule has 0 aromatic rings. The van der Waals surface area contributed by atoms with E-state index in [1.807, 2.05) is 0 Å². The van der Waals surface area contributed by atoms with Crippen LogP contribution in [-0.2, 0) is 0 Å². The number of allylic oxidation sites excluding steroid dienone is 2. The summed E-state index contributed by atoms with van der Waals surface area (Å²) in [4.78, 5) is 0. The summed E-state index contributed by atoms with van der Waals surface area (Å²) in [6.07, 6.45) is 20.6. The van der Waals surface area contributed by atoms with Crippen LogP contribution in [0.3, 0.4) is 0 Å². The summed E-state index contributed by atoms with van der Waals surface area (Å²) >= 11 is 0. The smallest absolute Gasteiger partial charge is 0.0318 e. The predicted molar refractivity (Wildman–Crippen MR) is 90.0 cm³/mol. The van der Waals surface area contributed by atoms with Gasteiger partial charge in [-0.2, -0.15) is 0 Å². The Morgan fingerprint density at radius 3 is 1.75 bits per heavy atom. The Labute approximate surface area is 127 Å². The van der Waals surface area contributed by atoms with E-state index >= 15 is 0 Å². The quantitative estimate of drug-likeness (QED) is 0.416. The van der Waals surface area contributed by atoms with Crippen LogP contribution in [0.1, 0.15) is 104 Å². The van der Waals surface area contributed by atoms with Gasteiger partial charge in [-0.3, -0.25) is 0 Å². The van der Waals surface area contributed by atoms with Crippen LogP contribution in [0.2, 0.25) is 0 Å². The van der Waals surface area contributed by atoms with E-state index in [0.717, 1.165) is 11.8 Å². The molecule has 0 heterocycles. The van der Waals surface area contributed by atoms with Crippen LogP contribution in [0.4, 0.5) is 0 Å². The molecule has 0 heteroatoms. The average molecular weight is 277 g/mol. The van der Waals surface area contributed by atoms with E-state index in [2.05, 4.69) is 13.8 Å². The molecule has 0 amide bonds. The minimum Gasteiger partial charge on any atom is -0.0744 e. The third-order valence-corrected chi connectivity index (χ3v) is 5.81. The van der Waals surface area contributed by atoms with Crippen LogP contribution in [-0.4, -0.2) is 0 Å². The fourth-order valence-electron chi connectivity index (χ4n) is 3.88. The third kappa shape index (κ3) is 6.02. The first-order valence-electron chi connectivity index (χ1n) is 9.42. The molecule has 0 spiro atoms. The monoisotopic (exact) mass is 276 g/mol. The van der Waals surface area contributed by atoms with Gasteiger partial charge in [0.05, 0.1) is 0 Å². The lowest BCUT2D eigenvalue weighted by molar-refractivity contribution is 0.527. The molecule has 0 aromatic heterocycles. The van der Waals surface area contributed by atoms with Gasteiger partial charge >= 0.3 is 0 Å². The van der Waals surface area contributed by atoms with Gasteiger partial charge in [0, 0.05) is 0 Å². The highest BCUT2D eigenvalue weighted by atomic mass is 14.4. The summed E-state index contributed by atoms with van der Waals surface area (Å²) in [5.74, 6) is 2.20. The molecule has 0 nitrogen and oxygen atoms in total. The standard InChI is InChI=1S/C20H36/c1-17-12-10-8-6-4-3-5-7-9-11-13-19-16-20(19)15-14-18(17)2/h19-20H,3-16H2,1-2H3. The van der Waals surface area contributed by atoms with Crippen LogP contribution >= 0.6 is 0 Å². The summed E-state index contributed by atoms with van der Waals surface area (Å²) < 4.78 is 0. The van der Waals surface area contributed by atoms with E-state index in [1.54, 1.807) is 17.6 Å². The SMILES string of the molecule is CC1=C(C)CCC2CC2CCCCCCCCCCC1. The maximum atomic E-state index is 2.39. The number of fused-ring (bicyclic) bond motifs is 1. The molecule has 1 saturated carbocycles. The van der Waals surface area contributed by atoms with E-state index in [0.29, 0.717) is 0 Å². The van der Waals surface area contributed by atoms with Crippen LogP contribution in [0.15, 0.2) is 11.1 Å². The maximum Gasteiger partial charge on any atom is -0.0318 e. The highest BCUT2D eigenvalue weighted by Gasteiger charge is 2.35. The molecular weight excluding hydrogens is 240 g/mol. The van der Waals surface area contributed by atoms with Crippen molar-refractivity contribution in [3.8, 4) is 0 Å². The zero-order valence-corrected chi connectivity index (χ0v) is 14.1. The van der Waals surface area contributed by atoms with E-state index in [1.165, 1.54) is 83.5 Å². The lowest BCUT2D eigenvalue weighted by Gasteiger charge is -2.08. The summed E-state index contributed by atoms with van der Waals surface area (Å²) in [7, 11) is 0. The number of hydrogen-bond donors (Lipinski definition) is 0. The predicted octanol–water partition coefficient (Wildman–Crippen LogP) is 7.04. The molecule has 0 bridgehead atoms. The molecule has 2 rings (SSSR count). The van der Waals surface area contributed by atoms with Crippen LogP contribution in [0.5, 0.6) is 0 Å². The molecule has 116 valence electrons. The lowest BCUT2D eigenvalue weighted by atomic mass is 9.98. The summed E-state index contributed by atoms with van der Waals surface area (Å²) in [5.41, 5.74) is 3.41. The Balaban J connectivity index is 1.75. The fraction of sp³-hybridized carbons (Fsp3) is 0.900. The summed E-state index contributed by atoms with van der Waals surface area (Å²) in [6, 6.07) is 0. The second-order valence-corrected chi connectivity index (χ2v) is 7.58. The molecule has 2 aliphatic rings. The van der Waals surface area contributed by atoms with E-state index in [9.17, 15) is 0 Å². The van der Waals surface area contributed by atoms with Crippen molar-refractivity contribution in [2.45, 2.75) is 104 Å². The maximum absolute atomic E-state index is 2.39. The van der Waals surface area contributed by atoms with Crippen molar-refractivity contribution in [3.05, 3.63) is 11.1 Å². The van der Waals surface area contributed by atoms with Gasteiger partial charge in [-0.15, -0.1) is 0 Å². The van der Waals surface area contributed by atoms with Gasteiger partial charge < -0.3 is 0 Å². The van der Waals surface area contributed by atoms with Gasteiger partial charge in [0.25, 0.3) is 0 Å². The van der Waals surface area contributed by atoms with E-state index < -0.39 is 0 Å². The first-order valence-corrected chi connectivity index (χ1v) is 9.42. The van der Waals surface area contributed by atoms with Crippen LogP contribution < -0.4 is 0 Å². The minimum absolute atomic E-state index is 1.09. The van der Waals surface area contributed by atoms with Gasteiger partial charge in [-0.25, -0.2) is 0 Å². The fourth-order valence-corrected chi connectivity index (χ4v) is 3.88. The Hall–Kier alpha value is -0.260. The molecule has 0 aromatic carbocycles. The van der Waals surface area contributed by atoms with Gasteiger partial charge in [-0.05, 0) is 57.8 Å². The van der Waals surface area contributed by atoms with Crippen molar-refractivity contribution < 1.29 is 0 Å².